The van der Waals surface area contributed by atoms with Gasteiger partial charge in [-0.1, -0.05) is 63.2 Å². The summed E-state index contributed by atoms with van der Waals surface area (Å²) >= 11 is 0. The number of hydrogen-bond donors (Lipinski definition) is 3. The minimum atomic E-state index is -1.12. The van der Waals surface area contributed by atoms with Crippen LogP contribution in [0.15, 0.2) is 95.9 Å². The second kappa shape index (κ2) is 23.6. The molecule has 1 atom stereocenters. The van der Waals surface area contributed by atoms with Gasteiger partial charge in [0.2, 0.25) is 11.8 Å². The van der Waals surface area contributed by atoms with Crippen molar-refractivity contribution in [1.29, 1.82) is 0 Å². The lowest BCUT2D eigenvalue weighted by atomic mass is 9.86. The molecule has 3 aliphatic rings. The van der Waals surface area contributed by atoms with E-state index in [0.29, 0.717) is 80.7 Å². The minimum absolute atomic E-state index is 0.000587. The van der Waals surface area contributed by atoms with E-state index in [2.05, 4.69) is 41.6 Å². The van der Waals surface area contributed by atoms with E-state index in [0.717, 1.165) is 27.2 Å². The Hall–Kier alpha value is -7.87. The van der Waals surface area contributed by atoms with E-state index in [9.17, 15) is 38.4 Å². The minimum Gasteiger partial charge on any atom is -0.483 e. The summed E-state index contributed by atoms with van der Waals surface area (Å²) in [7, 11) is 1.69. The third kappa shape index (κ3) is 12.7. The van der Waals surface area contributed by atoms with Crippen LogP contribution in [0.3, 0.4) is 0 Å². The zero-order valence-electron chi connectivity index (χ0n) is 42.9. The van der Waals surface area contributed by atoms with Crippen molar-refractivity contribution in [1.82, 2.24) is 34.9 Å². The van der Waals surface area contributed by atoms with Crippen LogP contribution in [0.25, 0.3) is 11.3 Å². The molecular formula is C56H62N8O11. The number of aryl methyl sites for hydroxylation is 1. The SMILES string of the molecule is Cc1c(NC(=O)c2ccc(C(C)(C)C)cc2)cccc1-c1cn(C)c(=O)c(Cc2ccc(C(=O)N3CCN(CCOCCOCCNC(=O)COc4cccc5c4C(=O)N(C4CCC(=O)NC4=O)C5=O)CC3)cc2)n1. The predicted molar refractivity (Wildman–Crippen MR) is 278 cm³/mol. The maximum Gasteiger partial charge on any atom is 0.272 e. The molecule has 4 heterocycles. The second-order valence-corrected chi connectivity index (χ2v) is 19.7. The summed E-state index contributed by atoms with van der Waals surface area (Å²) in [6.45, 7) is 12.7. The lowest BCUT2D eigenvalue weighted by Crippen LogP contribution is -2.54. The second-order valence-electron chi connectivity index (χ2n) is 19.7. The van der Waals surface area contributed by atoms with Crippen LogP contribution in [0, 0.1) is 6.92 Å². The largest absolute Gasteiger partial charge is 0.483 e. The number of imide groups is 2. The van der Waals surface area contributed by atoms with Crippen molar-refractivity contribution in [2.45, 2.75) is 58.4 Å². The van der Waals surface area contributed by atoms with E-state index in [1.54, 1.807) is 25.4 Å². The Labute approximate surface area is 434 Å². The van der Waals surface area contributed by atoms with E-state index >= 15 is 0 Å². The van der Waals surface area contributed by atoms with Crippen molar-refractivity contribution in [3.63, 3.8) is 0 Å². The molecular weight excluding hydrogens is 961 g/mol. The number of piperazine rings is 1. The summed E-state index contributed by atoms with van der Waals surface area (Å²) in [5.41, 5.74) is 6.08. The molecule has 3 N–H and O–H groups in total. The van der Waals surface area contributed by atoms with E-state index in [1.807, 2.05) is 66.4 Å². The standard InChI is InChI=1S/C56H62N8O11/c1-35-40(8-6-10-42(35)59-50(67)37-16-18-39(19-17-37)56(2,3)4)44-33-61(5)54(71)43(58-44)32-36-12-14-38(15-13-36)52(69)63-25-23-62(24-26-63)27-29-74-31-30-73-28-22-57-48(66)34-75-46-11-7-9-41-49(46)55(72)64(53(41)70)45-20-21-47(65)60-51(45)68/h6-19,33,45H,20-32,34H2,1-5H3,(H,57,66)(H,59,67)(H,60,65,68). The molecule has 392 valence electrons. The normalized spacial score (nSPS) is 15.9. The van der Waals surface area contributed by atoms with Crippen LogP contribution < -0.4 is 26.2 Å². The average Bonchev–Trinajstić information content (AvgIpc) is 3.65. The van der Waals surface area contributed by atoms with E-state index in [4.69, 9.17) is 19.2 Å². The predicted octanol–water partition coefficient (Wildman–Crippen LogP) is 4.28. The molecule has 4 aromatic carbocycles. The first kappa shape index (κ1) is 53.4. The first-order valence-corrected chi connectivity index (χ1v) is 25.1. The Bertz CT molecular complexity index is 3050. The van der Waals surface area contributed by atoms with Crippen molar-refractivity contribution in [3.8, 4) is 17.0 Å². The zero-order chi connectivity index (χ0) is 53.4. The molecule has 0 aliphatic carbocycles. The number of amides is 7. The first-order chi connectivity index (χ1) is 36.0. The van der Waals surface area contributed by atoms with Crippen LogP contribution >= 0.6 is 0 Å². The van der Waals surface area contributed by atoms with Crippen LogP contribution in [0.5, 0.6) is 5.75 Å². The van der Waals surface area contributed by atoms with Gasteiger partial charge >= 0.3 is 0 Å². The number of aromatic nitrogens is 2. The Morgan fingerprint density at radius 1 is 0.787 bits per heavy atom. The van der Waals surface area contributed by atoms with Gasteiger partial charge in [-0.3, -0.25) is 53.5 Å². The molecule has 0 saturated carbocycles. The number of ether oxygens (including phenoxy) is 3. The molecule has 0 radical (unpaired) electrons. The third-order valence-corrected chi connectivity index (χ3v) is 13.5. The number of piperidine rings is 1. The molecule has 75 heavy (non-hydrogen) atoms. The molecule has 7 amide bonds. The maximum absolute atomic E-state index is 13.5. The van der Waals surface area contributed by atoms with Gasteiger partial charge in [-0.15, -0.1) is 0 Å². The van der Waals surface area contributed by atoms with Crippen LogP contribution in [-0.2, 0) is 42.7 Å². The third-order valence-electron chi connectivity index (χ3n) is 13.5. The van der Waals surface area contributed by atoms with E-state index in [-0.39, 0.29) is 72.1 Å². The highest BCUT2D eigenvalue weighted by Crippen LogP contribution is 2.34. The molecule has 1 aromatic heterocycles. The number of fused-ring (bicyclic) bond motifs is 1. The van der Waals surface area contributed by atoms with Gasteiger partial charge < -0.3 is 34.3 Å². The molecule has 0 spiro atoms. The molecule has 2 fully saturated rings. The molecule has 3 aliphatic heterocycles. The number of benzene rings is 4. The topological polar surface area (TPSA) is 228 Å². The number of carbonyl (C=O) groups is 7. The number of nitrogens with one attached hydrogen (secondary N) is 3. The number of carbonyl (C=O) groups excluding carboxylic acids is 7. The number of anilines is 1. The zero-order valence-corrected chi connectivity index (χ0v) is 42.9. The Morgan fingerprint density at radius 2 is 1.47 bits per heavy atom. The van der Waals surface area contributed by atoms with Gasteiger partial charge in [-0.05, 0) is 77.9 Å². The van der Waals surface area contributed by atoms with Gasteiger partial charge in [0, 0.05) is 87.7 Å². The van der Waals surface area contributed by atoms with E-state index < -0.39 is 42.2 Å². The summed E-state index contributed by atoms with van der Waals surface area (Å²) < 4.78 is 18.5. The van der Waals surface area contributed by atoms with Crippen LogP contribution in [0.1, 0.15) is 97.4 Å². The van der Waals surface area contributed by atoms with Crippen LogP contribution in [0.4, 0.5) is 5.69 Å². The lowest BCUT2D eigenvalue weighted by molar-refractivity contribution is -0.136. The fourth-order valence-electron chi connectivity index (χ4n) is 9.17. The van der Waals surface area contributed by atoms with Crippen molar-refractivity contribution >= 4 is 47.0 Å². The monoisotopic (exact) mass is 1020 g/mol. The number of nitrogens with zero attached hydrogens (tertiary/aromatic N) is 5. The van der Waals surface area contributed by atoms with Gasteiger partial charge in [0.15, 0.2) is 6.61 Å². The van der Waals surface area contributed by atoms with Crippen LogP contribution in [0.2, 0.25) is 0 Å². The molecule has 8 rings (SSSR count). The van der Waals surface area contributed by atoms with Gasteiger partial charge in [0.25, 0.3) is 35.1 Å². The summed E-state index contributed by atoms with van der Waals surface area (Å²) in [6.07, 6.45) is 1.99. The molecule has 2 saturated heterocycles. The Kier molecular flexibility index (Phi) is 16.8. The summed E-state index contributed by atoms with van der Waals surface area (Å²) in [6, 6.07) is 23.8. The summed E-state index contributed by atoms with van der Waals surface area (Å²) in [5.74, 6) is -3.30. The molecule has 1 unspecified atom stereocenters. The molecule has 19 nitrogen and oxygen atoms in total. The lowest BCUT2D eigenvalue weighted by Gasteiger charge is -2.34. The fourth-order valence-corrected chi connectivity index (χ4v) is 9.17. The molecule has 0 bridgehead atoms. The summed E-state index contributed by atoms with van der Waals surface area (Å²) in [5, 5.41) is 7.88. The smallest absolute Gasteiger partial charge is 0.272 e. The quantitative estimate of drug-likeness (QED) is 0.0777. The van der Waals surface area contributed by atoms with Gasteiger partial charge in [-0.2, -0.15) is 0 Å². The maximum atomic E-state index is 13.5. The number of rotatable bonds is 19. The fraction of sp³-hybridized carbons (Fsp3) is 0.375. The highest BCUT2D eigenvalue weighted by molar-refractivity contribution is 6.24. The highest BCUT2D eigenvalue weighted by atomic mass is 16.5. The van der Waals surface area contributed by atoms with Gasteiger partial charge in [-0.25, -0.2) is 4.98 Å². The van der Waals surface area contributed by atoms with Crippen molar-refractivity contribution in [2.75, 3.05) is 77.6 Å². The van der Waals surface area contributed by atoms with Crippen molar-refractivity contribution in [3.05, 3.63) is 146 Å². The van der Waals surface area contributed by atoms with Crippen LogP contribution in [-0.4, -0.2) is 144 Å². The number of hydrogen-bond acceptors (Lipinski definition) is 13. The molecule has 5 aromatic rings. The molecule has 19 heteroatoms. The van der Waals surface area contributed by atoms with Gasteiger partial charge in [0.1, 0.15) is 17.5 Å². The van der Waals surface area contributed by atoms with Crippen molar-refractivity contribution in [2.24, 2.45) is 7.05 Å². The van der Waals surface area contributed by atoms with Crippen molar-refractivity contribution < 1.29 is 47.8 Å². The Balaban J connectivity index is 0.713. The first-order valence-electron chi connectivity index (χ1n) is 25.1. The van der Waals surface area contributed by atoms with E-state index in [1.165, 1.54) is 22.8 Å². The van der Waals surface area contributed by atoms with Gasteiger partial charge in [0.05, 0.1) is 43.2 Å². The summed E-state index contributed by atoms with van der Waals surface area (Å²) in [4.78, 5) is 113. The average molecular weight is 1020 g/mol. The highest BCUT2D eigenvalue weighted by Gasteiger charge is 2.46. The Morgan fingerprint density at radius 3 is 2.17 bits per heavy atom.